The Morgan fingerprint density at radius 2 is 1.80 bits per heavy atom. The smallest absolute Gasteiger partial charge is 0.149 e. The molecule has 1 aliphatic carbocycles. The van der Waals surface area contributed by atoms with Crippen LogP contribution in [-0.2, 0) is 14.3 Å². The standard InChI is InChI=1S/C17H27NO6S/c1-8(12-9(20)5-17(2,3)6-10(12)21)18-13-15(23)14(22)11(7-19)24-16(13)25-4/h11-16,19,22-23H,5-7H2,1-4H3/t11-,13-,14-,15-,16+/m1/s1. The summed E-state index contributed by atoms with van der Waals surface area (Å²) in [7, 11) is 0. The average molecular weight is 373 g/mol. The number of ether oxygens (including phenoxy) is 1. The summed E-state index contributed by atoms with van der Waals surface area (Å²) in [6.45, 7) is 4.96. The van der Waals surface area contributed by atoms with Crippen molar-refractivity contribution in [3.05, 3.63) is 0 Å². The zero-order chi connectivity index (χ0) is 18.9. The van der Waals surface area contributed by atoms with Gasteiger partial charge in [-0.3, -0.25) is 14.6 Å². The van der Waals surface area contributed by atoms with Crippen molar-refractivity contribution in [1.82, 2.24) is 0 Å². The summed E-state index contributed by atoms with van der Waals surface area (Å²) in [4.78, 5) is 29.2. The third-order valence-corrected chi connectivity index (χ3v) is 5.66. The van der Waals surface area contributed by atoms with E-state index < -0.39 is 42.3 Å². The summed E-state index contributed by atoms with van der Waals surface area (Å²) in [6, 6.07) is -0.816. The topological polar surface area (TPSA) is 116 Å². The van der Waals surface area contributed by atoms with Gasteiger partial charge in [0.25, 0.3) is 0 Å². The predicted molar refractivity (Wildman–Crippen MR) is 94.7 cm³/mol. The summed E-state index contributed by atoms with van der Waals surface area (Å²) < 4.78 is 5.58. The van der Waals surface area contributed by atoms with Gasteiger partial charge in [-0.1, -0.05) is 13.8 Å². The monoisotopic (exact) mass is 373 g/mol. The van der Waals surface area contributed by atoms with Gasteiger partial charge in [-0.2, -0.15) is 0 Å². The fourth-order valence-electron chi connectivity index (χ4n) is 3.56. The Kier molecular flexibility index (Phi) is 6.43. The van der Waals surface area contributed by atoms with Crippen molar-refractivity contribution in [1.29, 1.82) is 0 Å². The van der Waals surface area contributed by atoms with Gasteiger partial charge in [-0.25, -0.2) is 0 Å². The van der Waals surface area contributed by atoms with E-state index >= 15 is 0 Å². The molecule has 1 saturated heterocycles. The number of nitrogens with zero attached hydrogens (tertiary/aromatic N) is 1. The Morgan fingerprint density at radius 1 is 1.24 bits per heavy atom. The maximum Gasteiger partial charge on any atom is 0.149 e. The summed E-state index contributed by atoms with van der Waals surface area (Å²) in [5.41, 5.74) is -0.590. The Balaban J connectivity index is 2.25. The molecular formula is C17H27NO6S. The van der Waals surface area contributed by atoms with Crippen molar-refractivity contribution < 1.29 is 29.6 Å². The highest BCUT2D eigenvalue weighted by Gasteiger charge is 2.46. The van der Waals surface area contributed by atoms with Crippen LogP contribution >= 0.6 is 11.8 Å². The molecule has 1 saturated carbocycles. The Morgan fingerprint density at radius 3 is 2.28 bits per heavy atom. The second kappa shape index (κ2) is 7.84. The van der Waals surface area contributed by atoms with Crippen LogP contribution in [-0.4, -0.2) is 75.3 Å². The van der Waals surface area contributed by atoms with Crippen molar-refractivity contribution in [2.45, 2.75) is 63.4 Å². The zero-order valence-corrected chi connectivity index (χ0v) is 15.8. The highest BCUT2D eigenvalue weighted by atomic mass is 32.2. The zero-order valence-electron chi connectivity index (χ0n) is 15.0. The summed E-state index contributed by atoms with van der Waals surface area (Å²) in [5.74, 6) is -1.22. The number of ketones is 2. The molecule has 0 aromatic rings. The Hall–Kier alpha value is -0.800. The van der Waals surface area contributed by atoms with Crippen LogP contribution in [0.2, 0.25) is 0 Å². The van der Waals surface area contributed by atoms with Crippen LogP contribution in [0.4, 0.5) is 0 Å². The third kappa shape index (κ3) is 4.31. The predicted octanol–water partition coefficient (Wildman–Crippen LogP) is 0.192. The van der Waals surface area contributed by atoms with E-state index in [0.717, 1.165) is 0 Å². The fourth-order valence-corrected chi connectivity index (χ4v) is 4.32. The Labute approximate surface area is 151 Å². The molecule has 2 fully saturated rings. The van der Waals surface area contributed by atoms with Crippen molar-refractivity contribution >= 4 is 29.0 Å². The number of aliphatic hydroxyl groups excluding tert-OH is 3. The van der Waals surface area contributed by atoms with E-state index in [2.05, 4.69) is 4.99 Å². The number of aliphatic imine (C=N–C) groups is 1. The van der Waals surface area contributed by atoms with E-state index in [9.17, 15) is 24.9 Å². The lowest BCUT2D eigenvalue weighted by atomic mass is 9.70. The minimum Gasteiger partial charge on any atom is -0.394 e. The number of aliphatic hydroxyl groups is 3. The molecule has 0 aromatic heterocycles. The second-order valence-corrected chi connectivity index (χ2v) is 8.52. The molecule has 0 aromatic carbocycles. The van der Waals surface area contributed by atoms with Gasteiger partial charge in [0.05, 0.1) is 6.61 Å². The van der Waals surface area contributed by atoms with Crippen LogP contribution in [0.1, 0.15) is 33.6 Å². The molecule has 3 N–H and O–H groups in total. The number of hydrogen-bond acceptors (Lipinski definition) is 8. The number of Topliss-reactive ketones (excluding diaryl/α,β-unsaturated/α-hetero) is 2. The first-order chi connectivity index (χ1) is 11.6. The molecule has 0 spiro atoms. The van der Waals surface area contributed by atoms with Crippen LogP contribution < -0.4 is 0 Å². The molecule has 5 atom stereocenters. The molecule has 0 radical (unpaired) electrons. The normalized spacial score (nSPS) is 37.4. The number of carbonyl (C=O) groups is 2. The molecule has 0 unspecified atom stereocenters. The highest BCUT2D eigenvalue weighted by Crippen LogP contribution is 2.35. The number of hydrogen-bond donors (Lipinski definition) is 3. The molecule has 1 heterocycles. The molecule has 2 aliphatic rings. The minimum atomic E-state index is -1.29. The van der Waals surface area contributed by atoms with E-state index in [1.165, 1.54) is 11.8 Å². The first kappa shape index (κ1) is 20.5. The summed E-state index contributed by atoms with van der Waals surface area (Å²) >= 11 is 1.29. The molecule has 25 heavy (non-hydrogen) atoms. The maximum absolute atomic E-state index is 12.4. The first-order valence-electron chi connectivity index (χ1n) is 8.36. The third-order valence-electron chi connectivity index (χ3n) is 4.80. The molecule has 0 amide bonds. The van der Waals surface area contributed by atoms with Crippen LogP contribution in [0.5, 0.6) is 0 Å². The van der Waals surface area contributed by atoms with Gasteiger partial charge in [0, 0.05) is 18.6 Å². The van der Waals surface area contributed by atoms with Gasteiger partial charge in [-0.15, -0.1) is 11.8 Å². The fraction of sp³-hybridized carbons (Fsp3) is 0.824. The van der Waals surface area contributed by atoms with E-state index in [1.807, 2.05) is 13.8 Å². The van der Waals surface area contributed by atoms with Crippen LogP contribution in [0, 0.1) is 11.3 Å². The van der Waals surface area contributed by atoms with E-state index in [1.54, 1.807) is 13.2 Å². The maximum atomic E-state index is 12.4. The van der Waals surface area contributed by atoms with Crippen molar-refractivity contribution in [2.24, 2.45) is 16.3 Å². The molecule has 7 nitrogen and oxygen atoms in total. The van der Waals surface area contributed by atoms with Crippen molar-refractivity contribution in [3.8, 4) is 0 Å². The molecule has 1 aliphatic heterocycles. The first-order valence-corrected chi connectivity index (χ1v) is 9.65. The average Bonchev–Trinajstić information content (AvgIpc) is 2.50. The van der Waals surface area contributed by atoms with E-state index in [0.29, 0.717) is 18.6 Å². The lowest BCUT2D eigenvalue weighted by molar-refractivity contribution is -0.165. The highest BCUT2D eigenvalue weighted by molar-refractivity contribution is 7.99. The van der Waals surface area contributed by atoms with Gasteiger partial charge in [-0.05, 0) is 18.6 Å². The molecule has 2 rings (SSSR count). The lowest BCUT2D eigenvalue weighted by Gasteiger charge is -2.40. The lowest BCUT2D eigenvalue weighted by Crippen LogP contribution is -2.57. The number of rotatable bonds is 4. The quantitative estimate of drug-likeness (QED) is 0.476. The Bertz CT molecular complexity index is 541. The molecular weight excluding hydrogens is 346 g/mol. The van der Waals surface area contributed by atoms with Gasteiger partial charge >= 0.3 is 0 Å². The molecule has 142 valence electrons. The number of carbonyl (C=O) groups excluding carboxylic acids is 2. The molecule has 0 bridgehead atoms. The van der Waals surface area contributed by atoms with Crippen LogP contribution in [0.25, 0.3) is 0 Å². The minimum absolute atomic E-state index is 0.164. The van der Waals surface area contributed by atoms with Crippen molar-refractivity contribution in [2.75, 3.05) is 12.9 Å². The van der Waals surface area contributed by atoms with E-state index in [4.69, 9.17) is 4.74 Å². The second-order valence-electron chi connectivity index (χ2n) is 7.59. The number of thioether (sulfide) groups is 1. The van der Waals surface area contributed by atoms with Gasteiger partial charge < -0.3 is 20.1 Å². The van der Waals surface area contributed by atoms with E-state index in [-0.39, 0.29) is 17.0 Å². The van der Waals surface area contributed by atoms with Crippen LogP contribution in [0.3, 0.4) is 0 Å². The molecule has 8 heteroatoms. The van der Waals surface area contributed by atoms with Gasteiger partial charge in [0.1, 0.15) is 47.3 Å². The van der Waals surface area contributed by atoms with Crippen molar-refractivity contribution in [3.63, 3.8) is 0 Å². The van der Waals surface area contributed by atoms with Gasteiger partial charge in [0.2, 0.25) is 0 Å². The largest absolute Gasteiger partial charge is 0.394 e. The summed E-state index contributed by atoms with van der Waals surface area (Å²) in [6.07, 6.45) is -1.04. The SMILES string of the molecule is CS[C@@H]1O[C@H](CO)[C@@H](O)[C@H](O)[C@H]1N=C(C)C1C(=O)CC(C)(C)CC1=O. The van der Waals surface area contributed by atoms with Gasteiger partial charge in [0.15, 0.2) is 0 Å². The van der Waals surface area contributed by atoms with Crippen LogP contribution in [0.15, 0.2) is 4.99 Å². The summed E-state index contributed by atoms with van der Waals surface area (Å²) in [5, 5.41) is 29.7.